The van der Waals surface area contributed by atoms with E-state index in [0.29, 0.717) is 0 Å². The molecular weight excluding hydrogens is 158 g/mol. The molecule has 0 aliphatic carbocycles. The van der Waals surface area contributed by atoms with Gasteiger partial charge in [-0.2, -0.15) is 0 Å². The molecule has 1 rings (SSSR count). The van der Waals surface area contributed by atoms with Gasteiger partial charge in [0.25, 0.3) is 0 Å². The zero-order chi connectivity index (χ0) is 10.0. The van der Waals surface area contributed by atoms with Crippen molar-refractivity contribution in [1.82, 2.24) is 4.98 Å². The summed E-state index contributed by atoms with van der Waals surface area (Å²) in [5.74, 6) is 0. The zero-order valence-electron chi connectivity index (χ0n) is 9.36. The monoisotopic (exact) mass is 177 g/mol. The highest BCUT2D eigenvalue weighted by Gasteiger charge is 2.08. The van der Waals surface area contributed by atoms with E-state index in [4.69, 9.17) is 0 Å². The summed E-state index contributed by atoms with van der Waals surface area (Å²) in [6.45, 7) is 10.8. The van der Waals surface area contributed by atoms with Crippen molar-refractivity contribution in [3.63, 3.8) is 0 Å². The molecule has 1 heteroatoms. The minimum Gasteiger partial charge on any atom is -0.258 e. The second-order valence-electron chi connectivity index (χ2n) is 3.57. The molecule has 1 aromatic heterocycles. The van der Waals surface area contributed by atoms with E-state index in [9.17, 15) is 0 Å². The molecule has 0 bridgehead atoms. The molecule has 0 amide bonds. The van der Waals surface area contributed by atoms with Gasteiger partial charge >= 0.3 is 0 Å². The Hall–Kier alpha value is -0.850. The first kappa shape index (κ1) is 10.2. The molecule has 0 radical (unpaired) electrons. The first-order valence-corrected chi connectivity index (χ1v) is 5.07. The molecule has 0 unspecified atom stereocenters. The van der Waals surface area contributed by atoms with Gasteiger partial charge in [0.2, 0.25) is 0 Å². The molecule has 13 heavy (non-hydrogen) atoms. The molecule has 0 N–H and O–H groups in total. The van der Waals surface area contributed by atoms with E-state index in [2.05, 4.69) is 39.6 Å². The van der Waals surface area contributed by atoms with Crippen LogP contribution in [0.1, 0.15) is 41.9 Å². The standard InChI is InChI=1S/C12H19N/c1-6-11-8(3)12(7-2)10(5)13-9(11)4/h6-7H2,1-5H3. The third kappa shape index (κ3) is 1.74. The van der Waals surface area contributed by atoms with Crippen LogP contribution in [0.25, 0.3) is 0 Å². The highest BCUT2D eigenvalue weighted by atomic mass is 14.7. The van der Waals surface area contributed by atoms with Crippen molar-refractivity contribution in [1.29, 1.82) is 0 Å². The van der Waals surface area contributed by atoms with Crippen molar-refractivity contribution in [2.75, 3.05) is 0 Å². The van der Waals surface area contributed by atoms with Gasteiger partial charge in [0.05, 0.1) is 0 Å². The summed E-state index contributed by atoms with van der Waals surface area (Å²) in [5, 5.41) is 0. The first-order valence-electron chi connectivity index (χ1n) is 5.07. The third-order valence-corrected chi connectivity index (χ3v) is 2.82. The Bertz CT molecular complexity index is 285. The van der Waals surface area contributed by atoms with Crippen LogP contribution in [0, 0.1) is 20.8 Å². The number of aryl methyl sites for hydroxylation is 2. The Kier molecular flexibility index (Phi) is 3.07. The van der Waals surface area contributed by atoms with Gasteiger partial charge in [-0.25, -0.2) is 0 Å². The smallest absolute Gasteiger partial charge is 0.0410 e. The van der Waals surface area contributed by atoms with Crippen LogP contribution < -0.4 is 0 Å². The fourth-order valence-corrected chi connectivity index (χ4v) is 2.15. The van der Waals surface area contributed by atoms with E-state index in [0.717, 1.165) is 12.8 Å². The van der Waals surface area contributed by atoms with Gasteiger partial charge < -0.3 is 0 Å². The van der Waals surface area contributed by atoms with E-state index in [1.165, 1.54) is 28.1 Å². The Morgan fingerprint density at radius 3 is 1.54 bits per heavy atom. The summed E-state index contributed by atoms with van der Waals surface area (Å²) >= 11 is 0. The van der Waals surface area contributed by atoms with Gasteiger partial charge in [0.15, 0.2) is 0 Å². The second kappa shape index (κ2) is 3.91. The van der Waals surface area contributed by atoms with Crippen molar-refractivity contribution < 1.29 is 0 Å². The summed E-state index contributed by atoms with van der Waals surface area (Å²) in [6, 6.07) is 0. The van der Waals surface area contributed by atoms with Gasteiger partial charge in [-0.1, -0.05) is 13.8 Å². The zero-order valence-corrected chi connectivity index (χ0v) is 9.36. The summed E-state index contributed by atoms with van der Waals surface area (Å²) in [4.78, 5) is 4.58. The molecule has 0 saturated heterocycles. The summed E-state index contributed by atoms with van der Waals surface area (Å²) in [5.41, 5.74) is 6.73. The van der Waals surface area contributed by atoms with Crippen LogP contribution in [0.3, 0.4) is 0 Å². The molecule has 0 spiro atoms. The second-order valence-corrected chi connectivity index (χ2v) is 3.57. The number of nitrogens with zero attached hydrogens (tertiary/aromatic N) is 1. The van der Waals surface area contributed by atoms with Crippen molar-refractivity contribution in [3.8, 4) is 0 Å². The van der Waals surface area contributed by atoms with Crippen LogP contribution in [0.5, 0.6) is 0 Å². The largest absolute Gasteiger partial charge is 0.258 e. The lowest BCUT2D eigenvalue weighted by Gasteiger charge is -2.13. The van der Waals surface area contributed by atoms with Crippen molar-refractivity contribution >= 4 is 0 Å². The quantitative estimate of drug-likeness (QED) is 0.676. The molecule has 0 atom stereocenters. The molecule has 0 aliphatic rings. The van der Waals surface area contributed by atoms with Gasteiger partial charge in [-0.3, -0.25) is 4.98 Å². The van der Waals surface area contributed by atoms with E-state index in [1.54, 1.807) is 0 Å². The highest BCUT2D eigenvalue weighted by Crippen LogP contribution is 2.20. The van der Waals surface area contributed by atoms with Crippen molar-refractivity contribution in [3.05, 3.63) is 28.1 Å². The van der Waals surface area contributed by atoms with Crippen molar-refractivity contribution in [2.24, 2.45) is 0 Å². The number of hydrogen-bond donors (Lipinski definition) is 0. The number of pyridine rings is 1. The van der Waals surface area contributed by atoms with Gasteiger partial charge in [-0.15, -0.1) is 0 Å². The maximum absolute atomic E-state index is 4.58. The van der Waals surface area contributed by atoms with E-state index < -0.39 is 0 Å². The molecule has 1 nitrogen and oxygen atoms in total. The highest BCUT2D eigenvalue weighted by molar-refractivity contribution is 5.38. The number of hydrogen-bond acceptors (Lipinski definition) is 1. The molecule has 0 fully saturated rings. The third-order valence-electron chi connectivity index (χ3n) is 2.82. The van der Waals surface area contributed by atoms with Crippen LogP contribution >= 0.6 is 0 Å². The SMILES string of the molecule is CCc1c(C)nc(C)c(CC)c1C. The normalized spacial score (nSPS) is 10.5. The van der Waals surface area contributed by atoms with Gasteiger partial charge in [0.1, 0.15) is 0 Å². The lowest BCUT2D eigenvalue weighted by molar-refractivity contribution is 0.940. The number of aromatic nitrogens is 1. The average molecular weight is 177 g/mol. The Morgan fingerprint density at radius 1 is 0.846 bits per heavy atom. The van der Waals surface area contributed by atoms with Crippen LogP contribution in [-0.2, 0) is 12.8 Å². The van der Waals surface area contributed by atoms with Crippen LogP contribution in [-0.4, -0.2) is 4.98 Å². The van der Waals surface area contributed by atoms with Gasteiger partial charge in [0, 0.05) is 11.4 Å². The fourth-order valence-electron chi connectivity index (χ4n) is 2.15. The van der Waals surface area contributed by atoms with Crippen LogP contribution in [0.2, 0.25) is 0 Å². The minimum atomic E-state index is 1.10. The topological polar surface area (TPSA) is 12.9 Å². The summed E-state index contributed by atoms with van der Waals surface area (Å²) < 4.78 is 0. The van der Waals surface area contributed by atoms with Gasteiger partial charge in [-0.05, 0) is 50.3 Å². The molecule has 1 aromatic rings. The molecule has 0 aliphatic heterocycles. The van der Waals surface area contributed by atoms with Crippen molar-refractivity contribution in [2.45, 2.75) is 47.5 Å². The average Bonchev–Trinajstić information content (AvgIpc) is 2.04. The summed E-state index contributed by atoms with van der Waals surface area (Å²) in [7, 11) is 0. The Labute approximate surface area is 81.2 Å². The lowest BCUT2D eigenvalue weighted by atomic mass is 9.97. The van der Waals surface area contributed by atoms with E-state index >= 15 is 0 Å². The maximum atomic E-state index is 4.58. The first-order chi connectivity index (χ1) is 6.11. The van der Waals surface area contributed by atoms with Crippen LogP contribution in [0.4, 0.5) is 0 Å². The Morgan fingerprint density at radius 2 is 1.23 bits per heavy atom. The lowest BCUT2D eigenvalue weighted by Crippen LogP contribution is -2.03. The molecule has 0 aromatic carbocycles. The van der Waals surface area contributed by atoms with E-state index in [-0.39, 0.29) is 0 Å². The number of rotatable bonds is 2. The predicted octanol–water partition coefficient (Wildman–Crippen LogP) is 3.13. The molecule has 0 saturated carbocycles. The van der Waals surface area contributed by atoms with E-state index in [1.807, 2.05) is 0 Å². The summed E-state index contributed by atoms with van der Waals surface area (Å²) in [6.07, 6.45) is 2.19. The maximum Gasteiger partial charge on any atom is 0.0410 e. The molecule has 72 valence electrons. The fraction of sp³-hybridized carbons (Fsp3) is 0.583. The predicted molar refractivity (Wildman–Crippen MR) is 57.2 cm³/mol. The minimum absolute atomic E-state index is 1.10. The Balaban J connectivity index is 3.39. The van der Waals surface area contributed by atoms with Crippen LogP contribution in [0.15, 0.2) is 0 Å². The molecule has 1 heterocycles. The molecular formula is C12H19N.